The number of rotatable bonds is 4. The molecular formula is C12H22N2O3S. The highest BCUT2D eigenvalue weighted by Crippen LogP contribution is 2.18. The Morgan fingerprint density at radius 2 is 2.11 bits per heavy atom. The van der Waals surface area contributed by atoms with E-state index in [1.807, 2.05) is 25.7 Å². The van der Waals surface area contributed by atoms with Gasteiger partial charge >= 0.3 is 5.97 Å². The van der Waals surface area contributed by atoms with Crippen LogP contribution in [0.1, 0.15) is 27.2 Å². The molecule has 0 aliphatic carbocycles. The van der Waals surface area contributed by atoms with Crippen LogP contribution in [0.25, 0.3) is 0 Å². The maximum Gasteiger partial charge on any atom is 0.304 e. The highest BCUT2D eigenvalue weighted by atomic mass is 32.2. The topological polar surface area (TPSA) is 69.6 Å². The molecule has 18 heavy (non-hydrogen) atoms. The summed E-state index contributed by atoms with van der Waals surface area (Å²) in [6, 6.07) is -0.0352. The molecule has 1 saturated heterocycles. The minimum atomic E-state index is -0.802. The van der Waals surface area contributed by atoms with Crippen LogP contribution in [0.5, 0.6) is 0 Å². The maximum atomic E-state index is 11.9. The Morgan fingerprint density at radius 1 is 1.44 bits per heavy atom. The number of nitrogens with one attached hydrogen (secondary N) is 1. The van der Waals surface area contributed by atoms with Crippen LogP contribution in [-0.2, 0) is 9.59 Å². The molecule has 104 valence electrons. The number of nitrogens with zero attached hydrogens (tertiary/aromatic N) is 1. The monoisotopic (exact) mass is 274 g/mol. The number of aliphatic carboxylic acids is 1. The largest absolute Gasteiger partial charge is 0.481 e. The van der Waals surface area contributed by atoms with Crippen LogP contribution in [0.2, 0.25) is 0 Å². The second kappa shape index (κ2) is 6.43. The van der Waals surface area contributed by atoms with Gasteiger partial charge in [0, 0.05) is 29.6 Å². The third-order valence-corrected chi connectivity index (χ3v) is 3.71. The van der Waals surface area contributed by atoms with E-state index < -0.39 is 5.97 Å². The number of carboxylic acid groups (broad SMARTS) is 1. The zero-order valence-electron chi connectivity index (χ0n) is 11.2. The highest BCUT2D eigenvalue weighted by molar-refractivity contribution is 7.99. The Labute approximate surface area is 112 Å². The smallest absolute Gasteiger partial charge is 0.304 e. The summed E-state index contributed by atoms with van der Waals surface area (Å²) in [7, 11) is 0. The van der Waals surface area contributed by atoms with E-state index in [-0.39, 0.29) is 30.5 Å². The first-order chi connectivity index (χ1) is 8.28. The summed E-state index contributed by atoms with van der Waals surface area (Å²) >= 11 is 1.75. The van der Waals surface area contributed by atoms with Gasteiger partial charge in [-0.05, 0) is 20.8 Å². The molecule has 0 spiro atoms. The number of carboxylic acids is 1. The lowest BCUT2D eigenvalue weighted by Gasteiger charge is -2.34. The van der Waals surface area contributed by atoms with Crippen molar-refractivity contribution in [1.82, 2.24) is 10.2 Å². The number of hydrogen-bond acceptors (Lipinski definition) is 4. The van der Waals surface area contributed by atoms with Gasteiger partial charge in [0.05, 0.1) is 13.0 Å². The Hall–Kier alpha value is -0.750. The maximum absolute atomic E-state index is 11.9. The minimum Gasteiger partial charge on any atom is -0.481 e. The third-order valence-electron chi connectivity index (χ3n) is 2.62. The predicted molar refractivity (Wildman–Crippen MR) is 72.8 cm³/mol. The zero-order chi connectivity index (χ0) is 13.8. The molecular weight excluding hydrogens is 252 g/mol. The van der Waals surface area contributed by atoms with E-state index in [0.29, 0.717) is 0 Å². The van der Waals surface area contributed by atoms with Crippen molar-refractivity contribution in [3.05, 3.63) is 0 Å². The second-order valence-electron chi connectivity index (χ2n) is 5.60. The first-order valence-corrected chi connectivity index (χ1v) is 7.28. The molecule has 0 saturated carbocycles. The van der Waals surface area contributed by atoms with Gasteiger partial charge in [-0.1, -0.05) is 0 Å². The first-order valence-electron chi connectivity index (χ1n) is 6.12. The molecule has 1 aliphatic rings. The molecule has 1 atom stereocenters. The molecule has 2 N–H and O–H groups in total. The van der Waals surface area contributed by atoms with Crippen molar-refractivity contribution >= 4 is 23.6 Å². The van der Waals surface area contributed by atoms with E-state index >= 15 is 0 Å². The lowest BCUT2D eigenvalue weighted by Crippen LogP contribution is -2.51. The van der Waals surface area contributed by atoms with Crippen LogP contribution < -0.4 is 5.32 Å². The molecule has 1 amide bonds. The van der Waals surface area contributed by atoms with Gasteiger partial charge < -0.3 is 10.4 Å². The second-order valence-corrected chi connectivity index (χ2v) is 6.75. The van der Waals surface area contributed by atoms with E-state index in [1.54, 1.807) is 11.8 Å². The van der Waals surface area contributed by atoms with Gasteiger partial charge in [0.1, 0.15) is 0 Å². The molecule has 0 bridgehead atoms. The molecule has 1 unspecified atom stereocenters. The molecule has 6 heteroatoms. The van der Waals surface area contributed by atoms with Gasteiger partial charge in [0.2, 0.25) is 5.91 Å². The third kappa shape index (κ3) is 5.73. The number of hydrogen-bond donors (Lipinski definition) is 2. The Morgan fingerprint density at radius 3 is 2.67 bits per heavy atom. The number of thioether (sulfide) groups is 1. The van der Waals surface area contributed by atoms with Gasteiger partial charge in [-0.25, -0.2) is 0 Å². The van der Waals surface area contributed by atoms with Crippen LogP contribution >= 0.6 is 11.8 Å². The van der Waals surface area contributed by atoms with Gasteiger partial charge in [0.25, 0.3) is 0 Å². The zero-order valence-corrected chi connectivity index (χ0v) is 12.0. The summed E-state index contributed by atoms with van der Waals surface area (Å²) < 4.78 is 0. The van der Waals surface area contributed by atoms with Crippen molar-refractivity contribution in [2.45, 2.75) is 38.8 Å². The number of carbonyl (C=O) groups excluding carboxylic acids is 1. The average Bonchev–Trinajstić information content (AvgIpc) is 2.17. The van der Waals surface area contributed by atoms with E-state index in [9.17, 15) is 9.59 Å². The highest BCUT2D eigenvalue weighted by Gasteiger charge is 2.27. The fourth-order valence-electron chi connectivity index (χ4n) is 1.93. The van der Waals surface area contributed by atoms with Crippen molar-refractivity contribution in [2.24, 2.45) is 0 Å². The van der Waals surface area contributed by atoms with E-state index in [4.69, 9.17) is 5.11 Å². The Balaban J connectivity index is 2.51. The normalized spacial score (nSPS) is 21.6. The Kier molecular flexibility index (Phi) is 5.47. The molecule has 0 aromatic carbocycles. The minimum absolute atomic E-state index is 0.0352. The summed E-state index contributed by atoms with van der Waals surface area (Å²) in [5.74, 6) is 0.905. The van der Waals surface area contributed by atoms with Gasteiger partial charge in [-0.15, -0.1) is 0 Å². The lowest BCUT2D eigenvalue weighted by atomic mass is 10.1. The molecule has 0 aromatic rings. The molecule has 0 aromatic heterocycles. The van der Waals surface area contributed by atoms with Crippen molar-refractivity contribution in [1.29, 1.82) is 0 Å². The lowest BCUT2D eigenvalue weighted by molar-refractivity contribution is -0.139. The average molecular weight is 274 g/mol. The van der Waals surface area contributed by atoms with E-state index in [0.717, 1.165) is 18.1 Å². The van der Waals surface area contributed by atoms with Crippen LogP contribution in [0.3, 0.4) is 0 Å². The van der Waals surface area contributed by atoms with Crippen LogP contribution in [0.4, 0.5) is 0 Å². The summed E-state index contributed by atoms with van der Waals surface area (Å²) in [6.07, 6.45) is 0.107. The van der Waals surface area contributed by atoms with Gasteiger partial charge in [0.15, 0.2) is 0 Å². The van der Waals surface area contributed by atoms with Crippen LogP contribution in [-0.4, -0.2) is 58.1 Å². The van der Waals surface area contributed by atoms with Crippen molar-refractivity contribution in [3.8, 4) is 0 Å². The molecule has 5 nitrogen and oxygen atoms in total. The summed E-state index contributed by atoms with van der Waals surface area (Å²) in [6.45, 7) is 6.87. The SMILES string of the molecule is CC(C)(C)NC(=O)CN1CCSCC1CC(=O)O. The summed E-state index contributed by atoms with van der Waals surface area (Å²) in [4.78, 5) is 24.6. The first kappa shape index (κ1) is 15.3. The van der Waals surface area contributed by atoms with E-state index in [2.05, 4.69) is 5.32 Å². The predicted octanol–water partition coefficient (Wildman–Crippen LogP) is 0.793. The summed E-state index contributed by atoms with van der Waals surface area (Å²) in [5.41, 5.74) is -0.246. The molecule has 1 fully saturated rings. The fraction of sp³-hybridized carbons (Fsp3) is 0.833. The van der Waals surface area contributed by atoms with Crippen molar-refractivity contribution in [2.75, 3.05) is 24.6 Å². The van der Waals surface area contributed by atoms with E-state index in [1.165, 1.54) is 0 Å². The van der Waals surface area contributed by atoms with Gasteiger partial charge in [-0.3, -0.25) is 14.5 Å². The molecule has 1 aliphatic heterocycles. The Bertz CT molecular complexity index is 315. The fourth-order valence-corrected chi connectivity index (χ4v) is 3.06. The van der Waals surface area contributed by atoms with Crippen LogP contribution in [0.15, 0.2) is 0 Å². The molecule has 1 heterocycles. The standard InChI is InChI=1S/C12H22N2O3S/c1-12(2,3)13-10(15)7-14-4-5-18-8-9(14)6-11(16)17/h9H,4-8H2,1-3H3,(H,13,15)(H,16,17). The number of amides is 1. The van der Waals surface area contributed by atoms with Gasteiger partial charge in [-0.2, -0.15) is 11.8 Å². The molecule has 0 radical (unpaired) electrons. The quantitative estimate of drug-likeness (QED) is 0.793. The molecule has 1 rings (SSSR count). The van der Waals surface area contributed by atoms with Crippen molar-refractivity contribution in [3.63, 3.8) is 0 Å². The van der Waals surface area contributed by atoms with Crippen molar-refractivity contribution < 1.29 is 14.7 Å². The van der Waals surface area contributed by atoms with Crippen LogP contribution in [0, 0.1) is 0 Å². The number of carbonyl (C=O) groups is 2. The summed E-state index contributed by atoms with van der Waals surface area (Å²) in [5, 5.41) is 11.8.